The maximum Gasteiger partial charge on any atom is 0.324 e. The van der Waals surface area contributed by atoms with E-state index >= 15 is 0 Å². The molecule has 0 radical (unpaired) electrons. The van der Waals surface area contributed by atoms with Gasteiger partial charge in [-0.25, -0.2) is 4.79 Å². The molecule has 1 aromatic rings. The van der Waals surface area contributed by atoms with E-state index in [2.05, 4.69) is 10.6 Å². The van der Waals surface area contributed by atoms with Crippen LogP contribution in [0.2, 0.25) is 0 Å². The summed E-state index contributed by atoms with van der Waals surface area (Å²) in [5, 5.41) is 5.45. The third kappa shape index (κ3) is 4.97. The van der Waals surface area contributed by atoms with Crippen LogP contribution in [0.4, 0.5) is 4.79 Å². The number of hydrogen-bond acceptors (Lipinski definition) is 4. The number of amides is 4. The third-order valence-electron chi connectivity index (χ3n) is 3.83. The van der Waals surface area contributed by atoms with Crippen LogP contribution in [0, 0.1) is 5.92 Å². The Bertz CT molecular complexity index is 571. The Kier molecular flexibility index (Phi) is 6.17. The van der Waals surface area contributed by atoms with Crippen LogP contribution in [0.3, 0.4) is 0 Å². The van der Waals surface area contributed by atoms with Crippen molar-refractivity contribution in [3.8, 4) is 5.75 Å². The molecule has 1 aliphatic rings. The van der Waals surface area contributed by atoms with Gasteiger partial charge in [-0.2, -0.15) is 0 Å². The van der Waals surface area contributed by atoms with E-state index in [0.717, 1.165) is 4.90 Å². The molecule has 0 aromatic heterocycles. The fourth-order valence-corrected chi connectivity index (χ4v) is 2.35. The summed E-state index contributed by atoms with van der Waals surface area (Å²) in [6.07, 6.45) is 0.286. The van der Waals surface area contributed by atoms with E-state index in [1.165, 1.54) is 0 Å². The summed E-state index contributed by atoms with van der Waals surface area (Å²) >= 11 is 0. The van der Waals surface area contributed by atoms with Crippen LogP contribution >= 0.6 is 0 Å². The molecule has 24 heavy (non-hydrogen) atoms. The Morgan fingerprint density at radius 1 is 1.33 bits per heavy atom. The molecule has 2 N–H and O–H groups in total. The Morgan fingerprint density at radius 2 is 2.04 bits per heavy atom. The van der Waals surface area contributed by atoms with Gasteiger partial charge in [0, 0.05) is 25.6 Å². The van der Waals surface area contributed by atoms with Gasteiger partial charge in [0.25, 0.3) is 5.91 Å². The number of carbonyl (C=O) groups is 3. The molecular formula is C17H23N3O4. The fraction of sp³-hybridized carbons (Fsp3) is 0.471. The van der Waals surface area contributed by atoms with Crippen molar-refractivity contribution in [1.82, 2.24) is 15.5 Å². The van der Waals surface area contributed by atoms with Gasteiger partial charge in [-0.1, -0.05) is 32.0 Å². The van der Waals surface area contributed by atoms with Gasteiger partial charge in [0.05, 0.1) is 0 Å². The summed E-state index contributed by atoms with van der Waals surface area (Å²) < 4.78 is 5.32. The third-order valence-corrected chi connectivity index (χ3v) is 3.83. The molecule has 4 amide bonds. The zero-order valence-electron chi connectivity index (χ0n) is 14.0. The predicted octanol–water partition coefficient (Wildman–Crippen LogP) is 1.15. The van der Waals surface area contributed by atoms with Crippen molar-refractivity contribution in [2.45, 2.75) is 26.3 Å². The van der Waals surface area contributed by atoms with Crippen LogP contribution < -0.4 is 15.4 Å². The first-order valence-electron chi connectivity index (χ1n) is 8.02. The minimum absolute atomic E-state index is 0.112. The summed E-state index contributed by atoms with van der Waals surface area (Å²) in [5.41, 5.74) is 0. The number of hydrogen-bond donors (Lipinski definition) is 2. The number of benzene rings is 1. The van der Waals surface area contributed by atoms with Gasteiger partial charge in [0.2, 0.25) is 5.91 Å². The number of rotatable bonds is 7. The van der Waals surface area contributed by atoms with Crippen LogP contribution in [0.25, 0.3) is 0 Å². The van der Waals surface area contributed by atoms with Crippen LogP contribution in [0.5, 0.6) is 5.75 Å². The Morgan fingerprint density at radius 3 is 2.67 bits per heavy atom. The summed E-state index contributed by atoms with van der Waals surface area (Å²) in [5.74, 6) is 0.295. The molecular weight excluding hydrogens is 310 g/mol. The Labute approximate surface area is 141 Å². The van der Waals surface area contributed by atoms with E-state index in [-0.39, 0.29) is 49.9 Å². The Balaban J connectivity index is 1.70. The van der Waals surface area contributed by atoms with E-state index in [4.69, 9.17) is 4.74 Å². The van der Waals surface area contributed by atoms with Crippen LogP contribution in [-0.2, 0) is 9.59 Å². The topological polar surface area (TPSA) is 87.7 Å². The first kappa shape index (κ1) is 17.8. The maximum absolute atomic E-state index is 12.0. The minimum Gasteiger partial charge on any atom is -0.484 e. The van der Waals surface area contributed by atoms with E-state index < -0.39 is 6.03 Å². The Hall–Kier alpha value is -2.57. The molecule has 0 bridgehead atoms. The van der Waals surface area contributed by atoms with E-state index in [9.17, 15) is 14.4 Å². The number of carbonyl (C=O) groups excluding carboxylic acids is 3. The average molecular weight is 333 g/mol. The highest BCUT2D eigenvalue weighted by Crippen LogP contribution is 2.14. The van der Waals surface area contributed by atoms with Gasteiger partial charge in [0.1, 0.15) is 5.75 Å². The van der Waals surface area contributed by atoms with Gasteiger partial charge >= 0.3 is 6.03 Å². The maximum atomic E-state index is 12.0. The second kappa shape index (κ2) is 8.33. The zero-order valence-corrected chi connectivity index (χ0v) is 14.0. The molecule has 1 heterocycles. The van der Waals surface area contributed by atoms with Crippen molar-refractivity contribution in [2.24, 2.45) is 5.92 Å². The van der Waals surface area contributed by atoms with Crippen molar-refractivity contribution in [1.29, 1.82) is 0 Å². The fourth-order valence-electron chi connectivity index (χ4n) is 2.35. The quantitative estimate of drug-likeness (QED) is 0.783. The number of para-hydroxylation sites is 1. The summed E-state index contributed by atoms with van der Waals surface area (Å²) in [6.45, 7) is 4.15. The highest BCUT2D eigenvalue weighted by molar-refractivity contribution is 5.97. The molecule has 1 atom stereocenters. The lowest BCUT2D eigenvalue weighted by Gasteiger charge is -2.33. The summed E-state index contributed by atoms with van der Waals surface area (Å²) in [4.78, 5) is 36.9. The minimum atomic E-state index is -0.403. The van der Waals surface area contributed by atoms with Crippen molar-refractivity contribution >= 4 is 17.8 Å². The van der Waals surface area contributed by atoms with E-state index in [1.54, 1.807) is 12.1 Å². The van der Waals surface area contributed by atoms with Gasteiger partial charge in [-0.3, -0.25) is 14.5 Å². The van der Waals surface area contributed by atoms with E-state index in [1.807, 2.05) is 32.0 Å². The SMILES string of the molecule is CC(C)[C@H]1CC(=O)N(CCNC(=O)COc2ccccc2)C(=O)N1. The predicted molar refractivity (Wildman–Crippen MR) is 88.4 cm³/mol. The molecule has 0 unspecified atom stereocenters. The molecule has 1 aromatic carbocycles. The van der Waals surface area contributed by atoms with Gasteiger partial charge in [-0.15, -0.1) is 0 Å². The summed E-state index contributed by atoms with van der Waals surface area (Å²) in [7, 11) is 0. The molecule has 7 heteroatoms. The van der Waals surface area contributed by atoms with Crippen LogP contribution in [0.15, 0.2) is 30.3 Å². The monoisotopic (exact) mass is 333 g/mol. The molecule has 130 valence electrons. The van der Waals surface area contributed by atoms with E-state index in [0.29, 0.717) is 5.75 Å². The van der Waals surface area contributed by atoms with Crippen molar-refractivity contribution in [3.63, 3.8) is 0 Å². The van der Waals surface area contributed by atoms with Crippen molar-refractivity contribution < 1.29 is 19.1 Å². The highest BCUT2D eigenvalue weighted by Gasteiger charge is 2.32. The number of nitrogens with zero attached hydrogens (tertiary/aromatic N) is 1. The second-order valence-corrected chi connectivity index (χ2v) is 6.00. The molecule has 0 spiro atoms. The smallest absolute Gasteiger partial charge is 0.324 e. The first-order valence-corrected chi connectivity index (χ1v) is 8.02. The largest absolute Gasteiger partial charge is 0.484 e. The zero-order chi connectivity index (χ0) is 17.5. The van der Waals surface area contributed by atoms with Gasteiger partial charge in [0.15, 0.2) is 6.61 Å². The normalized spacial score (nSPS) is 17.6. The highest BCUT2D eigenvalue weighted by atomic mass is 16.5. The molecule has 0 saturated carbocycles. The molecule has 1 aliphatic heterocycles. The number of nitrogens with one attached hydrogen (secondary N) is 2. The molecule has 7 nitrogen and oxygen atoms in total. The molecule has 1 saturated heterocycles. The molecule has 0 aliphatic carbocycles. The number of imide groups is 1. The number of urea groups is 1. The number of ether oxygens (including phenoxy) is 1. The molecule has 2 rings (SSSR count). The van der Waals surface area contributed by atoms with Crippen molar-refractivity contribution in [2.75, 3.05) is 19.7 Å². The second-order valence-electron chi connectivity index (χ2n) is 6.00. The molecule has 1 fully saturated rings. The lowest BCUT2D eigenvalue weighted by Crippen LogP contribution is -2.57. The lowest BCUT2D eigenvalue weighted by atomic mass is 9.99. The average Bonchev–Trinajstić information content (AvgIpc) is 2.56. The van der Waals surface area contributed by atoms with Gasteiger partial charge < -0.3 is 15.4 Å². The van der Waals surface area contributed by atoms with Crippen molar-refractivity contribution in [3.05, 3.63) is 30.3 Å². The lowest BCUT2D eigenvalue weighted by molar-refractivity contribution is -0.131. The standard InChI is InChI=1S/C17H23N3O4/c1-12(2)14-10-16(22)20(17(23)19-14)9-8-18-15(21)11-24-13-6-4-3-5-7-13/h3-7,12,14H,8-11H2,1-2H3,(H,18,21)(H,19,23)/t14-/m1/s1. The summed E-state index contributed by atoms with van der Waals surface area (Å²) in [6, 6.07) is 8.48. The van der Waals surface area contributed by atoms with Crippen LogP contribution in [-0.4, -0.2) is 48.5 Å². The first-order chi connectivity index (χ1) is 11.5. The van der Waals surface area contributed by atoms with Crippen LogP contribution in [0.1, 0.15) is 20.3 Å². The van der Waals surface area contributed by atoms with Gasteiger partial charge in [-0.05, 0) is 18.1 Å².